The van der Waals surface area contributed by atoms with Crippen molar-refractivity contribution in [2.45, 2.75) is 0 Å². The number of hydrogen-bond acceptors (Lipinski definition) is 5. The second-order valence-electron chi connectivity index (χ2n) is 4.22. The van der Waals surface area contributed by atoms with Crippen LogP contribution in [0, 0.1) is 5.82 Å². The van der Waals surface area contributed by atoms with E-state index in [1.54, 1.807) is 12.1 Å². The molecule has 1 saturated heterocycles. The number of carbonyl (C=O) groups is 2. The first-order valence-electron chi connectivity index (χ1n) is 5.86. The highest BCUT2D eigenvalue weighted by molar-refractivity contribution is 8.27. The van der Waals surface area contributed by atoms with Crippen LogP contribution in [0.4, 0.5) is 9.18 Å². The number of phenols is 1. The number of aromatic hydroxyl groups is 1. The summed E-state index contributed by atoms with van der Waals surface area (Å²) in [4.78, 5) is 22.5. The number of amides is 1. The van der Waals surface area contributed by atoms with Gasteiger partial charge in [0.15, 0.2) is 0 Å². The van der Waals surface area contributed by atoms with E-state index in [9.17, 15) is 19.1 Å². The van der Waals surface area contributed by atoms with E-state index in [0.717, 1.165) is 6.07 Å². The Labute approximate surface area is 122 Å². The molecule has 0 unspecified atom stereocenters. The van der Waals surface area contributed by atoms with E-state index in [2.05, 4.69) is 5.32 Å². The number of benzene rings is 1. The summed E-state index contributed by atoms with van der Waals surface area (Å²) in [6.45, 7) is 0. The molecular formula is C14H8FNO4S. The summed E-state index contributed by atoms with van der Waals surface area (Å²) in [7, 11) is 0. The maximum atomic E-state index is 12.9. The summed E-state index contributed by atoms with van der Waals surface area (Å²) in [6, 6.07) is 6.72. The zero-order valence-electron chi connectivity index (χ0n) is 10.4. The van der Waals surface area contributed by atoms with Crippen molar-refractivity contribution in [2.24, 2.45) is 0 Å². The summed E-state index contributed by atoms with van der Waals surface area (Å²) in [5.74, 6) is -0.144. The zero-order valence-corrected chi connectivity index (χ0v) is 11.2. The molecule has 0 atom stereocenters. The zero-order chi connectivity index (χ0) is 15.0. The number of nitrogens with one attached hydrogen (secondary N) is 1. The number of furan rings is 1. The molecule has 3 rings (SSSR count). The number of rotatable bonds is 2. The lowest BCUT2D eigenvalue weighted by Gasteiger charge is -2.00. The smallest absolute Gasteiger partial charge is 0.291 e. The van der Waals surface area contributed by atoms with Crippen LogP contribution in [0.25, 0.3) is 17.4 Å². The van der Waals surface area contributed by atoms with Crippen molar-refractivity contribution >= 4 is 28.2 Å². The number of hydrogen-bond donors (Lipinski definition) is 2. The number of thioether (sulfide) groups is 1. The number of phenolic OH excluding ortho intramolecular Hbond substituents is 1. The van der Waals surface area contributed by atoms with Crippen LogP contribution in [0.15, 0.2) is 40.4 Å². The summed E-state index contributed by atoms with van der Waals surface area (Å²) in [5, 5.41) is 11.3. The number of carbonyl (C=O) groups excluding carboxylic acids is 2. The molecule has 2 N–H and O–H groups in total. The highest BCUT2D eigenvalue weighted by Crippen LogP contribution is 2.32. The van der Waals surface area contributed by atoms with Crippen LogP contribution in [-0.2, 0) is 4.79 Å². The van der Waals surface area contributed by atoms with E-state index in [1.165, 1.54) is 18.2 Å². The fourth-order valence-corrected chi connectivity index (χ4v) is 2.40. The molecule has 1 aromatic heterocycles. The van der Waals surface area contributed by atoms with Gasteiger partial charge in [0.05, 0.1) is 5.56 Å². The minimum atomic E-state index is -0.554. The Morgan fingerprint density at radius 2 is 2.05 bits per heavy atom. The van der Waals surface area contributed by atoms with Crippen LogP contribution in [0.3, 0.4) is 0 Å². The van der Waals surface area contributed by atoms with Gasteiger partial charge in [-0.15, -0.1) is 0 Å². The maximum absolute atomic E-state index is 12.9. The molecule has 1 aliphatic rings. The first-order valence-corrected chi connectivity index (χ1v) is 6.68. The molecule has 1 amide bonds. The molecular weight excluding hydrogens is 297 g/mol. The molecule has 1 fully saturated rings. The molecule has 21 heavy (non-hydrogen) atoms. The van der Waals surface area contributed by atoms with Crippen LogP contribution < -0.4 is 5.32 Å². The predicted molar refractivity (Wildman–Crippen MR) is 74.9 cm³/mol. The first-order chi connectivity index (χ1) is 10.0. The summed E-state index contributed by atoms with van der Waals surface area (Å²) < 4.78 is 18.4. The Bertz CT molecular complexity index is 781. The van der Waals surface area contributed by atoms with Gasteiger partial charge < -0.3 is 14.8 Å². The van der Waals surface area contributed by atoms with Crippen molar-refractivity contribution in [2.75, 3.05) is 0 Å². The fraction of sp³-hybridized carbons (Fsp3) is 0. The van der Waals surface area contributed by atoms with Gasteiger partial charge in [0, 0.05) is 23.9 Å². The fourth-order valence-electron chi connectivity index (χ4n) is 1.85. The molecule has 106 valence electrons. The van der Waals surface area contributed by atoms with E-state index < -0.39 is 11.1 Å². The highest BCUT2D eigenvalue weighted by Gasteiger charge is 2.25. The standard InChI is InChI=1S/C14H8FNO4S/c15-7-1-3-9(11(17)5-7)12-4-2-8(20-12)6-10-13(18)21-14(19)16-10/h1-6,17H,(H,16,19). The van der Waals surface area contributed by atoms with Crippen LogP contribution >= 0.6 is 11.8 Å². The van der Waals surface area contributed by atoms with Crippen LogP contribution in [0.1, 0.15) is 5.76 Å². The van der Waals surface area contributed by atoms with Gasteiger partial charge in [0.2, 0.25) is 5.12 Å². The summed E-state index contributed by atoms with van der Waals surface area (Å²) in [5.41, 5.74) is 0.464. The molecule has 5 nitrogen and oxygen atoms in total. The lowest BCUT2D eigenvalue weighted by molar-refractivity contribution is -0.107. The molecule has 0 aliphatic carbocycles. The van der Waals surface area contributed by atoms with E-state index in [4.69, 9.17) is 4.42 Å². The third-order valence-electron chi connectivity index (χ3n) is 2.78. The first kappa shape index (κ1) is 13.4. The second kappa shape index (κ2) is 5.10. The van der Waals surface area contributed by atoms with Crippen molar-refractivity contribution in [1.82, 2.24) is 5.32 Å². The minimum absolute atomic E-state index is 0.134. The molecule has 2 heterocycles. The Balaban J connectivity index is 1.92. The van der Waals surface area contributed by atoms with Gasteiger partial charge in [-0.3, -0.25) is 9.59 Å². The molecule has 2 aromatic rings. The van der Waals surface area contributed by atoms with Crippen LogP contribution in [0.2, 0.25) is 0 Å². The summed E-state index contributed by atoms with van der Waals surface area (Å²) in [6.07, 6.45) is 1.39. The highest BCUT2D eigenvalue weighted by atomic mass is 32.2. The normalized spacial score (nSPS) is 16.5. The van der Waals surface area contributed by atoms with Gasteiger partial charge in [0.1, 0.15) is 28.8 Å². The van der Waals surface area contributed by atoms with E-state index in [1.807, 2.05) is 0 Å². The molecule has 0 saturated carbocycles. The van der Waals surface area contributed by atoms with Gasteiger partial charge in [0.25, 0.3) is 5.24 Å². The Hall–Kier alpha value is -2.54. The SMILES string of the molecule is O=C1NC(=Cc2ccc(-c3ccc(F)cc3O)o2)C(=O)S1. The lowest BCUT2D eigenvalue weighted by Crippen LogP contribution is -2.10. The largest absolute Gasteiger partial charge is 0.507 e. The van der Waals surface area contributed by atoms with Gasteiger partial charge in [-0.1, -0.05) is 0 Å². The van der Waals surface area contributed by atoms with Gasteiger partial charge in [-0.05, 0) is 24.3 Å². The Morgan fingerprint density at radius 3 is 2.71 bits per heavy atom. The van der Waals surface area contributed by atoms with Crippen molar-refractivity contribution in [3.63, 3.8) is 0 Å². The average Bonchev–Trinajstić information content (AvgIpc) is 2.97. The monoisotopic (exact) mass is 305 g/mol. The van der Waals surface area contributed by atoms with Gasteiger partial charge in [-0.25, -0.2) is 4.39 Å². The van der Waals surface area contributed by atoms with Crippen LogP contribution in [-0.4, -0.2) is 15.5 Å². The average molecular weight is 305 g/mol. The summed E-state index contributed by atoms with van der Waals surface area (Å²) >= 11 is 0.574. The molecule has 1 aliphatic heterocycles. The lowest BCUT2D eigenvalue weighted by atomic mass is 10.1. The Kier molecular flexibility index (Phi) is 3.26. The molecule has 0 radical (unpaired) electrons. The van der Waals surface area contributed by atoms with Crippen LogP contribution in [0.5, 0.6) is 5.75 Å². The minimum Gasteiger partial charge on any atom is -0.507 e. The number of halogens is 1. The molecule has 0 bridgehead atoms. The molecule has 0 spiro atoms. The third kappa shape index (κ3) is 2.68. The quantitative estimate of drug-likeness (QED) is 0.833. The van der Waals surface area contributed by atoms with E-state index in [0.29, 0.717) is 28.8 Å². The third-order valence-corrected chi connectivity index (χ3v) is 3.47. The molecule has 7 heteroatoms. The topological polar surface area (TPSA) is 79.5 Å². The van der Waals surface area contributed by atoms with Gasteiger partial charge >= 0.3 is 0 Å². The Morgan fingerprint density at radius 1 is 1.24 bits per heavy atom. The van der Waals surface area contributed by atoms with Crippen molar-refractivity contribution in [1.29, 1.82) is 0 Å². The van der Waals surface area contributed by atoms with E-state index in [-0.39, 0.29) is 16.6 Å². The second-order valence-corrected chi connectivity index (χ2v) is 5.17. The van der Waals surface area contributed by atoms with E-state index >= 15 is 0 Å². The maximum Gasteiger partial charge on any atom is 0.291 e. The van der Waals surface area contributed by atoms with Crippen molar-refractivity contribution in [3.05, 3.63) is 47.6 Å². The molecule has 1 aromatic carbocycles. The predicted octanol–water partition coefficient (Wildman–Crippen LogP) is 3.12. The van der Waals surface area contributed by atoms with Gasteiger partial charge in [-0.2, -0.15) is 0 Å². The van der Waals surface area contributed by atoms with Crippen molar-refractivity contribution < 1.29 is 23.5 Å². The van der Waals surface area contributed by atoms with Crippen molar-refractivity contribution in [3.8, 4) is 17.1 Å².